The number of nitrogens with one attached hydrogen (secondary N) is 1. The molecule has 10 nitrogen and oxygen atoms in total. The number of alkyl halides is 1. The van der Waals surface area contributed by atoms with Crippen LogP contribution in [-0.4, -0.2) is 100 Å². The van der Waals surface area contributed by atoms with Crippen LogP contribution in [0.5, 0.6) is 0 Å². The number of anilines is 1. The molecule has 0 radical (unpaired) electrons. The van der Waals surface area contributed by atoms with Crippen LogP contribution in [0.3, 0.4) is 0 Å². The summed E-state index contributed by atoms with van der Waals surface area (Å²) in [5.41, 5.74) is 5.73. The van der Waals surface area contributed by atoms with Gasteiger partial charge in [0.25, 0.3) is 5.91 Å². The third-order valence-corrected chi connectivity index (χ3v) is 10.9. The average molecular weight is 725 g/mol. The number of ether oxygens (including phenoxy) is 4. The fourth-order valence-corrected chi connectivity index (χ4v) is 8.20. The van der Waals surface area contributed by atoms with E-state index >= 15 is 0 Å². The number of amidine groups is 1. The molecule has 0 unspecified atom stereocenters. The van der Waals surface area contributed by atoms with Crippen LogP contribution in [0.25, 0.3) is 6.08 Å². The third kappa shape index (κ3) is 10.7. The van der Waals surface area contributed by atoms with Crippen molar-refractivity contribution in [3.05, 3.63) is 46.7 Å². The molecule has 1 N–H and O–H groups in total. The number of benzene rings is 1. The highest BCUT2D eigenvalue weighted by atomic mass is 35.5. The molecule has 1 aromatic rings. The molecule has 5 aliphatic rings. The van der Waals surface area contributed by atoms with Crippen LogP contribution in [0.4, 0.5) is 5.69 Å². The highest BCUT2D eigenvalue weighted by molar-refractivity contribution is 6.18. The molecule has 4 aliphatic heterocycles. The summed E-state index contributed by atoms with van der Waals surface area (Å²) < 4.78 is 22.7. The lowest BCUT2D eigenvalue weighted by atomic mass is 9.84. The van der Waals surface area contributed by atoms with Gasteiger partial charge in [0.1, 0.15) is 11.5 Å². The van der Waals surface area contributed by atoms with Crippen molar-refractivity contribution < 1.29 is 28.5 Å². The first-order chi connectivity index (χ1) is 25.1. The number of aliphatic imine (C=N–C) groups is 1. The molecule has 2 fully saturated rings. The Morgan fingerprint density at radius 2 is 1.63 bits per heavy atom. The van der Waals surface area contributed by atoms with Gasteiger partial charge in [0.2, 0.25) is 5.91 Å². The maximum Gasteiger partial charge on any atom is 0.278 e. The van der Waals surface area contributed by atoms with E-state index in [0.29, 0.717) is 57.5 Å². The van der Waals surface area contributed by atoms with Gasteiger partial charge in [-0.2, -0.15) is 0 Å². The van der Waals surface area contributed by atoms with Crippen molar-refractivity contribution in [1.29, 1.82) is 0 Å². The Kier molecular flexibility index (Phi) is 14.8. The molecule has 0 atom stereocenters. The highest BCUT2D eigenvalue weighted by Gasteiger charge is 2.38. The van der Waals surface area contributed by atoms with Gasteiger partial charge < -0.3 is 29.2 Å². The summed E-state index contributed by atoms with van der Waals surface area (Å²) >= 11 is 5.71. The number of amides is 2. The van der Waals surface area contributed by atoms with Gasteiger partial charge in [-0.05, 0) is 112 Å². The summed E-state index contributed by atoms with van der Waals surface area (Å²) in [7, 11) is 0. The number of aryl methyl sites for hydroxylation is 2. The van der Waals surface area contributed by atoms with Crippen LogP contribution in [0.1, 0.15) is 93.7 Å². The van der Waals surface area contributed by atoms with Gasteiger partial charge in [-0.25, -0.2) is 4.99 Å². The number of carbonyl (C=O) groups is 2. The molecule has 6 rings (SSSR count). The average Bonchev–Trinajstić information content (AvgIpc) is 3.46. The van der Waals surface area contributed by atoms with E-state index in [1.165, 1.54) is 29.7 Å². The Hall–Kier alpha value is -2.76. The normalized spacial score (nSPS) is 23.3. The van der Waals surface area contributed by atoms with Gasteiger partial charge in [-0.1, -0.05) is 18.9 Å². The molecule has 2 amide bonds. The maximum atomic E-state index is 14.1. The Balaban J connectivity index is 1.01. The minimum Gasteiger partial charge on any atom is -0.379 e. The Morgan fingerprint density at radius 3 is 2.35 bits per heavy atom. The van der Waals surface area contributed by atoms with Crippen LogP contribution in [-0.2, 0) is 41.4 Å². The molecule has 280 valence electrons. The molecule has 4 heterocycles. The maximum absolute atomic E-state index is 14.1. The van der Waals surface area contributed by atoms with Crippen molar-refractivity contribution in [1.82, 2.24) is 10.2 Å². The summed E-state index contributed by atoms with van der Waals surface area (Å²) in [5.74, 6) is 1.32. The zero-order valence-electron chi connectivity index (χ0n) is 30.3. The second-order valence-electron chi connectivity index (χ2n) is 14.3. The fourth-order valence-electron chi connectivity index (χ4n) is 8.01. The van der Waals surface area contributed by atoms with Gasteiger partial charge in [-0.15, -0.1) is 11.6 Å². The summed E-state index contributed by atoms with van der Waals surface area (Å²) in [5, 5.41) is 3.05. The van der Waals surface area contributed by atoms with Gasteiger partial charge in [0, 0.05) is 56.2 Å². The molecule has 0 bridgehead atoms. The number of hydrogen-bond donors (Lipinski definition) is 1. The smallest absolute Gasteiger partial charge is 0.278 e. The predicted octanol–water partition coefficient (Wildman–Crippen LogP) is 6.18. The van der Waals surface area contributed by atoms with E-state index in [9.17, 15) is 9.59 Å². The van der Waals surface area contributed by atoms with Gasteiger partial charge >= 0.3 is 0 Å². The third-order valence-electron chi connectivity index (χ3n) is 10.6. The lowest BCUT2D eigenvalue weighted by Gasteiger charge is -2.37. The Labute approximate surface area is 308 Å². The minimum absolute atomic E-state index is 0.0139. The molecule has 1 saturated heterocycles. The molecule has 0 spiro atoms. The molecule has 51 heavy (non-hydrogen) atoms. The first-order valence-electron chi connectivity index (χ1n) is 19.5. The number of hydrogen-bond acceptors (Lipinski definition) is 8. The lowest BCUT2D eigenvalue weighted by molar-refractivity contribution is -0.175. The Bertz CT molecular complexity index is 1370. The van der Waals surface area contributed by atoms with E-state index in [1.54, 1.807) is 0 Å². The number of halogens is 1. The van der Waals surface area contributed by atoms with E-state index in [2.05, 4.69) is 22.3 Å². The SMILES string of the molecule is O=C(NCCOCCOCCCCCCCl)C1CCC(N2C(=O)/C(=C/c3cc4c5c(c3)CCCN5CCC4)N=C2/C=C/CC2OCCCO2)CC1. The fraction of sp³-hybridized carbons (Fsp3) is 0.675. The molecule has 0 aromatic heterocycles. The van der Waals surface area contributed by atoms with Crippen LogP contribution < -0.4 is 10.2 Å². The summed E-state index contributed by atoms with van der Waals surface area (Å²) in [6.07, 6.45) is 19.0. The molecular formula is C40H57ClN4O6. The quantitative estimate of drug-likeness (QED) is 0.110. The first-order valence-corrected chi connectivity index (χ1v) is 20.1. The largest absolute Gasteiger partial charge is 0.379 e. The zero-order chi connectivity index (χ0) is 35.3. The van der Waals surface area contributed by atoms with Crippen LogP contribution in [0.2, 0.25) is 0 Å². The highest BCUT2D eigenvalue weighted by Crippen LogP contribution is 2.37. The minimum atomic E-state index is -0.266. The number of unbranched alkanes of at least 4 members (excludes halogenated alkanes) is 3. The Morgan fingerprint density at radius 1 is 0.922 bits per heavy atom. The molecule has 1 aliphatic carbocycles. The van der Waals surface area contributed by atoms with E-state index < -0.39 is 0 Å². The molecule has 1 aromatic carbocycles. The zero-order valence-corrected chi connectivity index (χ0v) is 31.0. The molecular weight excluding hydrogens is 668 g/mol. The summed E-state index contributed by atoms with van der Waals surface area (Å²) in [4.78, 5) is 36.4. The van der Waals surface area contributed by atoms with E-state index in [1.807, 2.05) is 23.1 Å². The summed E-state index contributed by atoms with van der Waals surface area (Å²) in [6, 6.07) is 4.51. The number of carbonyl (C=O) groups excluding carboxylic acids is 2. The van der Waals surface area contributed by atoms with Crippen LogP contribution >= 0.6 is 11.6 Å². The van der Waals surface area contributed by atoms with Gasteiger partial charge in [0.05, 0.1) is 33.0 Å². The van der Waals surface area contributed by atoms with Crippen molar-refractivity contribution in [2.75, 3.05) is 70.1 Å². The molecule has 1 saturated carbocycles. The lowest BCUT2D eigenvalue weighted by Crippen LogP contribution is -2.44. The van der Waals surface area contributed by atoms with Gasteiger partial charge in [-0.3, -0.25) is 14.5 Å². The first kappa shape index (κ1) is 38.0. The topological polar surface area (TPSA) is 102 Å². The second-order valence-corrected chi connectivity index (χ2v) is 14.7. The van der Waals surface area contributed by atoms with Crippen molar-refractivity contribution in [2.45, 2.75) is 102 Å². The van der Waals surface area contributed by atoms with E-state index in [4.69, 9.17) is 35.5 Å². The van der Waals surface area contributed by atoms with Crippen LogP contribution in [0.15, 0.2) is 35.0 Å². The van der Waals surface area contributed by atoms with E-state index in [-0.39, 0.29) is 30.1 Å². The van der Waals surface area contributed by atoms with Crippen molar-refractivity contribution in [2.24, 2.45) is 10.9 Å². The monoisotopic (exact) mass is 724 g/mol. The van der Waals surface area contributed by atoms with Crippen molar-refractivity contribution in [3.63, 3.8) is 0 Å². The van der Waals surface area contributed by atoms with Crippen LogP contribution in [0, 0.1) is 5.92 Å². The molecule has 11 heteroatoms. The number of rotatable bonds is 18. The van der Waals surface area contributed by atoms with Crippen molar-refractivity contribution >= 4 is 41.0 Å². The predicted molar refractivity (Wildman–Crippen MR) is 201 cm³/mol. The second kappa shape index (κ2) is 19.9. The summed E-state index contributed by atoms with van der Waals surface area (Å²) in [6.45, 7) is 6.45. The standard InChI is InChI=1S/C40H57ClN4O6/c41-17-3-1-2-4-21-48-25-26-49-24-18-42-39(46)31-13-15-34(16-14-31)45-36(11-5-12-37-50-22-8-23-51-37)43-35(40(45)47)29-30-27-32-9-6-19-44-20-7-10-33(28-30)38(32)44/h5,11,27-29,31,34,37H,1-4,6-10,12-26H2,(H,42,46)/b11-5+,35-29-. The van der Waals surface area contributed by atoms with E-state index in [0.717, 1.165) is 102 Å². The van der Waals surface area contributed by atoms with Gasteiger partial charge in [0.15, 0.2) is 6.29 Å². The number of nitrogens with zero attached hydrogens (tertiary/aromatic N) is 3. The van der Waals surface area contributed by atoms with Crippen molar-refractivity contribution in [3.8, 4) is 0 Å².